The lowest BCUT2D eigenvalue weighted by molar-refractivity contribution is -0.120. The maximum absolute atomic E-state index is 11.7. The molecule has 0 saturated heterocycles. The molecule has 1 unspecified atom stereocenters. The summed E-state index contributed by atoms with van der Waals surface area (Å²) in [6.45, 7) is 4.30. The summed E-state index contributed by atoms with van der Waals surface area (Å²) >= 11 is 0. The summed E-state index contributed by atoms with van der Waals surface area (Å²) in [5.74, 6) is -0.00536. The second-order valence-corrected chi connectivity index (χ2v) is 4.40. The number of anilines is 1. The van der Waals surface area contributed by atoms with Crippen LogP contribution < -0.4 is 10.2 Å². The van der Waals surface area contributed by atoms with Crippen molar-refractivity contribution in [3.8, 4) is 6.07 Å². The van der Waals surface area contributed by atoms with E-state index in [9.17, 15) is 4.79 Å². The predicted molar refractivity (Wildman–Crippen MR) is 72.3 cm³/mol. The van der Waals surface area contributed by atoms with Crippen molar-refractivity contribution in [3.63, 3.8) is 0 Å². The summed E-state index contributed by atoms with van der Waals surface area (Å²) in [5.41, 5.74) is 1.47. The number of rotatable bonds is 5. The number of likely N-dealkylation sites (N-methyl/N-ethyl adjacent to an activating group) is 1. The van der Waals surface area contributed by atoms with Gasteiger partial charge in [0, 0.05) is 18.8 Å². The van der Waals surface area contributed by atoms with Crippen molar-refractivity contribution in [1.29, 1.82) is 5.26 Å². The highest BCUT2D eigenvalue weighted by atomic mass is 16.2. The minimum Gasteiger partial charge on any atom is -0.365 e. The smallest absolute Gasteiger partial charge is 0.239 e. The van der Waals surface area contributed by atoms with E-state index >= 15 is 0 Å². The zero-order chi connectivity index (χ0) is 13.5. The molecule has 4 nitrogen and oxygen atoms in total. The molecule has 0 saturated carbocycles. The van der Waals surface area contributed by atoms with E-state index in [0.717, 1.165) is 12.1 Å². The van der Waals surface area contributed by atoms with Crippen molar-refractivity contribution < 1.29 is 4.79 Å². The molecular formula is C14H19N3O. The first-order chi connectivity index (χ1) is 8.56. The number of amides is 1. The van der Waals surface area contributed by atoms with Crippen LogP contribution in [0.25, 0.3) is 0 Å². The summed E-state index contributed by atoms with van der Waals surface area (Å²) < 4.78 is 0. The molecule has 0 aliphatic rings. The number of nitrogens with zero attached hydrogens (tertiary/aromatic N) is 2. The Bertz CT molecular complexity index is 451. The van der Waals surface area contributed by atoms with Crippen LogP contribution in [0.5, 0.6) is 0 Å². The van der Waals surface area contributed by atoms with Gasteiger partial charge in [-0.2, -0.15) is 5.26 Å². The van der Waals surface area contributed by atoms with Crippen LogP contribution >= 0.6 is 0 Å². The van der Waals surface area contributed by atoms with Crippen molar-refractivity contribution in [1.82, 2.24) is 5.32 Å². The summed E-state index contributed by atoms with van der Waals surface area (Å²) in [7, 11) is 1.84. The Morgan fingerprint density at radius 1 is 1.56 bits per heavy atom. The second-order valence-electron chi connectivity index (χ2n) is 4.40. The third kappa shape index (κ3) is 4.10. The van der Waals surface area contributed by atoms with Crippen molar-refractivity contribution in [2.45, 2.75) is 26.3 Å². The SMILES string of the molecule is CCC(C)NC(=O)CN(C)c1cccc(C#N)c1. The van der Waals surface area contributed by atoms with Crippen LogP contribution in [0.4, 0.5) is 5.69 Å². The second kappa shape index (κ2) is 6.65. The maximum Gasteiger partial charge on any atom is 0.239 e. The van der Waals surface area contributed by atoms with Crippen molar-refractivity contribution in [3.05, 3.63) is 29.8 Å². The molecule has 96 valence electrons. The van der Waals surface area contributed by atoms with Gasteiger partial charge < -0.3 is 10.2 Å². The van der Waals surface area contributed by atoms with Gasteiger partial charge in [0.1, 0.15) is 0 Å². The lowest BCUT2D eigenvalue weighted by atomic mass is 10.2. The molecular weight excluding hydrogens is 226 g/mol. The third-order valence-corrected chi connectivity index (χ3v) is 2.82. The Labute approximate surface area is 108 Å². The van der Waals surface area contributed by atoms with E-state index in [1.54, 1.807) is 12.1 Å². The molecule has 18 heavy (non-hydrogen) atoms. The quantitative estimate of drug-likeness (QED) is 0.862. The van der Waals surface area contributed by atoms with Crippen LogP contribution in [-0.2, 0) is 4.79 Å². The molecule has 1 atom stereocenters. The first-order valence-electron chi connectivity index (χ1n) is 6.07. The van der Waals surface area contributed by atoms with E-state index in [2.05, 4.69) is 11.4 Å². The Morgan fingerprint density at radius 2 is 2.28 bits per heavy atom. The van der Waals surface area contributed by atoms with Crippen molar-refractivity contribution >= 4 is 11.6 Å². The van der Waals surface area contributed by atoms with Crippen molar-refractivity contribution in [2.75, 3.05) is 18.5 Å². The minimum absolute atomic E-state index is 0.00536. The normalized spacial score (nSPS) is 11.4. The van der Waals surface area contributed by atoms with Gasteiger partial charge in [0.05, 0.1) is 18.2 Å². The molecule has 1 aromatic rings. The molecule has 1 rings (SSSR count). The molecule has 0 aliphatic heterocycles. The standard InChI is InChI=1S/C14H19N3O/c1-4-11(2)16-14(18)10-17(3)13-7-5-6-12(8-13)9-15/h5-8,11H,4,10H2,1-3H3,(H,16,18). The zero-order valence-corrected chi connectivity index (χ0v) is 11.1. The number of hydrogen-bond acceptors (Lipinski definition) is 3. The minimum atomic E-state index is -0.00536. The lowest BCUT2D eigenvalue weighted by Crippen LogP contribution is -2.39. The van der Waals surface area contributed by atoms with Gasteiger partial charge in [0.25, 0.3) is 0 Å². The van der Waals surface area contributed by atoms with Gasteiger partial charge in [0.15, 0.2) is 0 Å². The average molecular weight is 245 g/mol. The highest BCUT2D eigenvalue weighted by molar-refractivity contribution is 5.81. The van der Waals surface area contributed by atoms with Crippen LogP contribution in [0.3, 0.4) is 0 Å². The molecule has 1 aromatic carbocycles. The monoisotopic (exact) mass is 245 g/mol. The molecule has 0 fully saturated rings. The molecule has 0 heterocycles. The van der Waals surface area contributed by atoms with E-state index < -0.39 is 0 Å². The molecule has 0 radical (unpaired) electrons. The van der Waals surface area contributed by atoms with E-state index in [-0.39, 0.29) is 11.9 Å². The molecule has 0 aromatic heterocycles. The topological polar surface area (TPSA) is 56.1 Å². The first-order valence-corrected chi connectivity index (χ1v) is 6.07. The van der Waals surface area contributed by atoms with Crippen LogP contribution in [0, 0.1) is 11.3 Å². The molecule has 4 heteroatoms. The van der Waals surface area contributed by atoms with Gasteiger partial charge in [-0.3, -0.25) is 4.79 Å². The Balaban J connectivity index is 2.62. The Hall–Kier alpha value is -2.02. The van der Waals surface area contributed by atoms with Gasteiger partial charge in [0.2, 0.25) is 5.91 Å². The number of carbonyl (C=O) groups excluding carboxylic acids is 1. The van der Waals surface area contributed by atoms with Crippen molar-refractivity contribution in [2.24, 2.45) is 0 Å². The number of nitriles is 1. The van der Waals surface area contributed by atoms with Gasteiger partial charge in [-0.25, -0.2) is 0 Å². The molecule has 0 bridgehead atoms. The van der Waals surface area contributed by atoms with Crippen LogP contribution in [0.15, 0.2) is 24.3 Å². The lowest BCUT2D eigenvalue weighted by Gasteiger charge is -2.20. The fourth-order valence-corrected chi connectivity index (χ4v) is 1.54. The molecule has 0 aliphatic carbocycles. The third-order valence-electron chi connectivity index (χ3n) is 2.82. The number of hydrogen-bond donors (Lipinski definition) is 1. The average Bonchev–Trinajstić information content (AvgIpc) is 2.38. The van der Waals surface area contributed by atoms with Gasteiger partial charge in [-0.05, 0) is 31.5 Å². The summed E-state index contributed by atoms with van der Waals surface area (Å²) in [5, 5.41) is 11.7. The van der Waals surface area contributed by atoms with E-state index in [4.69, 9.17) is 5.26 Å². The zero-order valence-electron chi connectivity index (χ0n) is 11.1. The molecule has 1 amide bonds. The Kier molecular flexibility index (Phi) is 5.19. The van der Waals surface area contributed by atoms with Crippen LogP contribution in [0.2, 0.25) is 0 Å². The van der Waals surface area contributed by atoms with Gasteiger partial charge in [-0.1, -0.05) is 13.0 Å². The van der Waals surface area contributed by atoms with Gasteiger partial charge in [-0.15, -0.1) is 0 Å². The Morgan fingerprint density at radius 3 is 2.89 bits per heavy atom. The molecule has 0 spiro atoms. The number of benzene rings is 1. The highest BCUT2D eigenvalue weighted by Gasteiger charge is 2.09. The fourth-order valence-electron chi connectivity index (χ4n) is 1.54. The fraction of sp³-hybridized carbons (Fsp3) is 0.429. The summed E-state index contributed by atoms with van der Waals surface area (Å²) in [6, 6.07) is 9.50. The summed E-state index contributed by atoms with van der Waals surface area (Å²) in [6.07, 6.45) is 0.916. The van der Waals surface area contributed by atoms with Crippen LogP contribution in [0.1, 0.15) is 25.8 Å². The largest absolute Gasteiger partial charge is 0.365 e. The number of nitrogens with one attached hydrogen (secondary N) is 1. The van der Waals surface area contributed by atoms with E-state index in [0.29, 0.717) is 12.1 Å². The van der Waals surface area contributed by atoms with Gasteiger partial charge >= 0.3 is 0 Å². The maximum atomic E-state index is 11.7. The number of carbonyl (C=O) groups is 1. The van der Waals surface area contributed by atoms with E-state index in [1.165, 1.54) is 0 Å². The predicted octanol–water partition coefficient (Wildman–Crippen LogP) is 1.91. The summed E-state index contributed by atoms with van der Waals surface area (Å²) in [4.78, 5) is 13.6. The first kappa shape index (κ1) is 14.0. The van der Waals surface area contributed by atoms with Crippen LogP contribution in [-0.4, -0.2) is 25.5 Å². The van der Waals surface area contributed by atoms with E-state index in [1.807, 2.05) is 37.9 Å². The highest BCUT2D eigenvalue weighted by Crippen LogP contribution is 2.13. The molecule has 1 N–H and O–H groups in total.